The third kappa shape index (κ3) is 3.50. The number of rotatable bonds is 3. The van der Waals surface area contributed by atoms with Gasteiger partial charge in [0.05, 0.1) is 30.2 Å². The zero-order valence-electron chi connectivity index (χ0n) is 19.8. The average Bonchev–Trinajstić information content (AvgIpc) is 3.13. The molecule has 1 fully saturated rings. The van der Waals surface area contributed by atoms with Crippen LogP contribution in [-0.2, 0) is 19.1 Å². The van der Waals surface area contributed by atoms with Crippen LogP contribution in [0.3, 0.4) is 0 Å². The number of amides is 1. The molecule has 1 aromatic carbocycles. The first kappa shape index (κ1) is 22.3. The molecule has 34 heavy (non-hydrogen) atoms. The molecule has 1 aliphatic carbocycles. The van der Waals surface area contributed by atoms with Gasteiger partial charge < -0.3 is 9.47 Å². The number of pyridine rings is 1. The van der Waals surface area contributed by atoms with Crippen molar-refractivity contribution in [2.75, 3.05) is 12.0 Å². The van der Waals surface area contributed by atoms with E-state index in [0.29, 0.717) is 34.4 Å². The lowest BCUT2D eigenvalue weighted by atomic mass is 9.70. The number of Topliss-reactive ketones (excluding diaryl/α,β-unsaturated/α-hetero) is 1. The lowest BCUT2D eigenvalue weighted by molar-refractivity contribution is -0.134. The summed E-state index contributed by atoms with van der Waals surface area (Å²) in [5, 5.41) is 0. The number of carbonyl (C=O) groups is 3. The number of benzene rings is 1. The molecular weight excluding hydrogens is 432 g/mol. The van der Waals surface area contributed by atoms with Gasteiger partial charge in [0, 0.05) is 6.20 Å². The van der Waals surface area contributed by atoms with Gasteiger partial charge in [-0.15, -0.1) is 0 Å². The van der Waals surface area contributed by atoms with Crippen molar-refractivity contribution < 1.29 is 23.9 Å². The lowest BCUT2D eigenvalue weighted by Crippen LogP contribution is -2.43. The van der Waals surface area contributed by atoms with Crippen molar-refractivity contribution in [3.8, 4) is 0 Å². The van der Waals surface area contributed by atoms with Crippen molar-refractivity contribution in [2.24, 2.45) is 17.8 Å². The third-order valence-electron chi connectivity index (χ3n) is 7.50. The monoisotopic (exact) mass is 460 g/mol. The number of ketones is 1. The van der Waals surface area contributed by atoms with E-state index >= 15 is 0 Å². The highest BCUT2D eigenvalue weighted by Gasteiger charge is 2.54. The fraction of sp³-hybridized carbons (Fsp3) is 0.407. The second-order valence-corrected chi connectivity index (χ2v) is 9.68. The van der Waals surface area contributed by atoms with Gasteiger partial charge in [-0.25, -0.2) is 9.78 Å². The molecule has 1 aromatic heterocycles. The molecule has 0 bridgehead atoms. The van der Waals surface area contributed by atoms with E-state index in [2.05, 4.69) is 18.8 Å². The van der Waals surface area contributed by atoms with Crippen molar-refractivity contribution in [1.82, 2.24) is 4.98 Å². The average molecular weight is 461 g/mol. The zero-order chi connectivity index (χ0) is 24.1. The molecule has 2 aromatic rings. The number of fused-ring (bicyclic) bond motifs is 1. The van der Waals surface area contributed by atoms with Crippen molar-refractivity contribution in [3.05, 3.63) is 70.6 Å². The molecule has 0 radical (unpaired) electrons. The summed E-state index contributed by atoms with van der Waals surface area (Å²) >= 11 is 0. The molecule has 1 saturated carbocycles. The Labute approximate surface area is 198 Å². The van der Waals surface area contributed by atoms with Gasteiger partial charge in [-0.3, -0.25) is 14.5 Å². The molecule has 3 aliphatic rings. The Morgan fingerprint density at radius 3 is 2.41 bits per heavy atom. The molecule has 0 saturated heterocycles. The van der Waals surface area contributed by atoms with Crippen LogP contribution < -0.4 is 4.90 Å². The molecule has 176 valence electrons. The molecule has 5 rings (SSSR count). The highest BCUT2D eigenvalue weighted by atomic mass is 16.5. The smallest absolute Gasteiger partial charge is 0.337 e. The van der Waals surface area contributed by atoms with Gasteiger partial charge in [-0.05, 0) is 60.9 Å². The van der Waals surface area contributed by atoms with E-state index in [1.54, 1.807) is 41.4 Å². The van der Waals surface area contributed by atoms with Crippen LogP contribution in [0.1, 0.15) is 54.2 Å². The van der Waals surface area contributed by atoms with Gasteiger partial charge in [0.15, 0.2) is 11.5 Å². The van der Waals surface area contributed by atoms with Crippen LogP contribution in [0.25, 0.3) is 0 Å². The fourth-order valence-electron chi connectivity index (χ4n) is 5.33. The first-order valence-electron chi connectivity index (χ1n) is 11.7. The second-order valence-electron chi connectivity index (χ2n) is 9.68. The van der Waals surface area contributed by atoms with Crippen LogP contribution in [0.15, 0.2) is 53.9 Å². The van der Waals surface area contributed by atoms with Crippen molar-refractivity contribution >= 4 is 23.5 Å². The molecule has 0 spiro atoms. The molecule has 7 nitrogen and oxygen atoms in total. The molecule has 3 heterocycles. The number of carbonyl (C=O) groups excluding carboxylic acids is 3. The maximum atomic E-state index is 13.9. The Morgan fingerprint density at radius 1 is 1.06 bits per heavy atom. The van der Waals surface area contributed by atoms with E-state index in [9.17, 15) is 14.4 Å². The summed E-state index contributed by atoms with van der Waals surface area (Å²) in [5.74, 6) is 0.328. The van der Waals surface area contributed by atoms with Crippen LogP contribution in [0, 0.1) is 24.7 Å². The van der Waals surface area contributed by atoms with Crippen LogP contribution in [0.2, 0.25) is 0 Å². The number of hydrogen-bond acceptors (Lipinski definition) is 6. The Balaban J connectivity index is 1.61. The molecule has 2 aliphatic heterocycles. The zero-order valence-corrected chi connectivity index (χ0v) is 19.8. The predicted octanol–water partition coefficient (Wildman–Crippen LogP) is 4.17. The third-order valence-corrected chi connectivity index (χ3v) is 7.50. The Bertz CT molecular complexity index is 1180. The van der Waals surface area contributed by atoms with Crippen molar-refractivity contribution in [3.63, 3.8) is 0 Å². The minimum atomic E-state index is -0.674. The maximum absolute atomic E-state index is 13.9. The van der Waals surface area contributed by atoms with Gasteiger partial charge in [0.2, 0.25) is 0 Å². The van der Waals surface area contributed by atoms with E-state index in [1.165, 1.54) is 7.11 Å². The highest BCUT2D eigenvalue weighted by molar-refractivity contribution is 6.17. The van der Waals surface area contributed by atoms with E-state index in [1.807, 2.05) is 13.0 Å². The minimum Gasteiger partial charge on any atom is -0.483 e. The summed E-state index contributed by atoms with van der Waals surface area (Å²) in [6.45, 7) is 6.27. The number of esters is 1. The normalized spacial score (nSPS) is 28.4. The molecule has 0 N–H and O–H groups in total. The summed E-state index contributed by atoms with van der Waals surface area (Å²) in [4.78, 5) is 45.5. The fourth-order valence-corrected chi connectivity index (χ4v) is 5.33. The van der Waals surface area contributed by atoms with E-state index < -0.39 is 12.0 Å². The quantitative estimate of drug-likeness (QED) is 0.639. The number of aryl methyl sites for hydroxylation is 1. The second kappa shape index (κ2) is 8.38. The number of hydrogen-bond donors (Lipinski definition) is 0. The van der Waals surface area contributed by atoms with Crippen LogP contribution >= 0.6 is 0 Å². The SMILES string of the molecule is COC(=O)c1ccc(C2C3=C(OC4CC(C)C(C)CC4C3=O)C(=O)N2c2ccc(C)cn2)cc1. The number of ether oxygens (including phenoxy) is 2. The van der Waals surface area contributed by atoms with Gasteiger partial charge in [-0.2, -0.15) is 0 Å². The van der Waals surface area contributed by atoms with Crippen LogP contribution in [0.5, 0.6) is 0 Å². The molecule has 5 unspecified atom stereocenters. The van der Waals surface area contributed by atoms with Gasteiger partial charge >= 0.3 is 5.97 Å². The topological polar surface area (TPSA) is 85.8 Å². The first-order valence-corrected chi connectivity index (χ1v) is 11.7. The van der Waals surface area contributed by atoms with Gasteiger partial charge in [-0.1, -0.05) is 32.0 Å². The summed E-state index contributed by atoms with van der Waals surface area (Å²) in [7, 11) is 1.33. The first-order chi connectivity index (χ1) is 16.3. The van der Waals surface area contributed by atoms with E-state index in [-0.39, 0.29) is 29.5 Å². The van der Waals surface area contributed by atoms with Crippen molar-refractivity contribution in [1.29, 1.82) is 0 Å². The molecule has 1 amide bonds. The minimum absolute atomic E-state index is 0.0185. The number of nitrogens with zero attached hydrogens (tertiary/aromatic N) is 2. The summed E-state index contributed by atoms with van der Waals surface area (Å²) < 4.78 is 11.1. The predicted molar refractivity (Wildman–Crippen MR) is 125 cm³/mol. The highest BCUT2D eigenvalue weighted by Crippen LogP contribution is 2.49. The summed E-state index contributed by atoms with van der Waals surface area (Å²) in [6, 6.07) is 9.80. The van der Waals surface area contributed by atoms with Crippen molar-refractivity contribution in [2.45, 2.75) is 45.8 Å². The number of anilines is 1. The Kier molecular flexibility index (Phi) is 5.50. The van der Waals surface area contributed by atoms with Crippen LogP contribution in [-0.4, -0.2) is 35.9 Å². The van der Waals surface area contributed by atoms with E-state index in [4.69, 9.17) is 9.47 Å². The largest absolute Gasteiger partial charge is 0.483 e. The molecule has 7 heteroatoms. The number of methoxy groups -OCH3 is 1. The summed E-state index contributed by atoms with van der Waals surface area (Å²) in [5.41, 5.74) is 2.46. The standard InChI is InChI=1S/C27H28N2O5/c1-14-5-10-21(28-13-14)29-23(17-6-8-18(9-7-17)27(32)33-4)22-24(30)19-11-15(2)16(3)12-20(19)34-25(22)26(29)31/h5-10,13,15-16,19-20,23H,11-12H2,1-4H3. The van der Waals surface area contributed by atoms with Crippen LogP contribution in [0.4, 0.5) is 5.82 Å². The Hall–Kier alpha value is -3.48. The maximum Gasteiger partial charge on any atom is 0.337 e. The molecule has 5 atom stereocenters. The Morgan fingerprint density at radius 2 is 1.76 bits per heavy atom. The van der Waals surface area contributed by atoms with Gasteiger partial charge in [0.1, 0.15) is 11.9 Å². The molecular formula is C27H28N2O5. The lowest BCUT2D eigenvalue weighted by Gasteiger charge is -2.40. The van der Waals surface area contributed by atoms with E-state index in [0.717, 1.165) is 18.4 Å². The summed E-state index contributed by atoms with van der Waals surface area (Å²) in [6.07, 6.45) is 2.91. The van der Waals surface area contributed by atoms with Gasteiger partial charge in [0.25, 0.3) is 5.91 Å². The number of aromatic nitrogens is 1.